The highest BCUT2D eigenvalue weighted by Gasteiger charge is 2.28. The van der Waals surface area contributed by atoms with Gasteiger partial charge in [0.05, 0.1) is 0 Å². The molecule has 0 unspecified atom stereocenters. The maximum Gasteiger partial charge on any atom is 0.0119 e. The van der Waals surface area contributed by atoms with Gasteiger partial charge < -0.3 is 10.2 Å². The molecule has 0 amide bonds. The molecular formula is C7H18N2. The van der Waals surface area contributed by atoms with Crippen LogP contribution < -0.4 is 5.32 Å². The van der Waals surface area contributed by atoms with Crippen LogP contribution in [0.1, 0.15) is 14.3 Å². The monoisotopic (exact) mass is 130 g/mol. The summed E-state index contributed by atoms with van der Waals surface area (Å²) in [6.45, 7) is 0. The van der Waals surface area contributed by atoms with Crippen LogP contribution in [0.4, 0.5) is 0 Å². The minimum atomic E-state index is 0. The summed E-state index contributed by atoms with van der Waals surface area (Å²) in [5.41, 5.74) is 0. The highest BCUT2D eigenvalue weighted by Crippen LogP contribution is 2.22. The quantitative estimate of drug-likeness (QED) is 0.587. The van der Waals surface area contributed by atoms with E-state index >= 15 is 0 Å². The van der Waals surface area contributed by atoms with Gasteiger partial charge in [-0.2, -0.15) is 0 Å². The van der Waals surface area contributed by atoms with Gasteiger partial charge in [-0.25, -0.2) is 0 Å². The molecule has 1 N–H and O–H groups in total. The van der Waals surface area contributed by atoms with Gasteiger partial charge in [0.1, 0.15) is 0 Å². The lowest BCUT2D eigenvalue weighted by Gasteiger charge is -2.39. The van der Waals surface area contributed by atoms with Crippen molar-refractivity contribution in [2.45, 2.75) is 24.9 Å². The third-order valence-corrected chi connectivity index (χ3v) is 2.25. The van der Waals surface area contributed by atoms with Gasteiger partial charge in [-0.1, -0.05) is 0 Å². The van der Waals surface area contributed by atoms with E-state index in [-0.39, 0.29) is 1.43 Å². The van der Waals surface area contributed by atoms with Crippen LogP contribution in [-0.2, 0) is 0 Å². The van der Waals surface area contributed by atoms with Crippen LogP contribution in [-0.4, -0.2) is 38.1 Å². The molecule has 0 aliphatic heterocycles. The van der Waals surface area contributed by atoms with E-state index in [2.05, 4.69) is 24.3 Å². The zero-order chi connectivity index (χ0) is 6.85. The molecule has 56 valence electrons. The summed E-state index contributed by atoms with van der Waals surface area (Å²) in [5.74, 6) is 0. The Balaban J connectivity index is 0.000000810. The summed E-state index contributed by atoms with van der Waals surface area (Å²) in [6.07, 6.45) is 2.65. The molecule has 0 aromatic heterocycles. The smallest absolute Gasteiger partial charge is 0.0119 e. The molecule has 1 aliphatic carbocycles. The van der Waals surface area contributed by atoms with Crippen LogP contribution >= 0.6 is 0 Å². The molecule has 1 saturated carbocycles. The third-order valence-electron chi connectivity index (χ3n) is 2.25. The number of hydrogen-bond acceptors (Lipinski definition) is 2. The molecule has 1 aliphatic rings. The highest BCUT2D eigenvalue weighted by molar-refractivity contribution is 4.88. The minimum absolute atomic E-state index is 0. The van der Waals surface area contributed by atoms with E-state index in [1.54, 1.807) is 0 Å². The predicted molar refractivity (Wildman–Crippen MR) is 41.7 cm³/mol. The summed E-state index contributed by atoms with van der Waals surface area (Å²) in [7, 11) is 6.34. The Bertz CT molecular complexity index is 89.6. The van der Waals surface area contributed by atoms with Crippen molar-refractivity contribution in [1.29, 1.82) is 0 Å². The summed E-state index contributed by atoms with van der Waals surface area (Å²) in [6, 6.07) is 1.62. The second-order valence-electron chi connectivity index (χ2n) is 3.07. The third kappa shape index (κ3) is 1.43. The molecule has 0 atom stereocenters. The Morgan fingerprint density at radius 3 is 2.33 bits per heavy atom. The first-order chi connectivity index (χ1) is 4.24. The minimum Gasteiger partial charge on any atom is -0.317 e. The van der Waals surface area contributed by atoms with Crippen LogP contribution in [0.2, 0.25) is 0 Å². The molecule has 0 heterocycles. The van der Waals surface area contributed by atoms with Crippen molar-refractivity contribution in [3.8, 4) is 0 Å². The van der Waals surface area contributed by atoms with Crippen molar-refractivity contribution in [3.63, 3.8) is 0 Å². The van der Waals surface area contributed by atoms with Gasteiger partial charge in [-0.05, 0) is 34.0 Å². The maximum atomic E-state index is 3.26. The molecule has 2 nitrogen and oxygen atoms in total. The normalized spacial score (nSPS) is 34.7. The summed E-state index contributed by atoms with van der Waals surface area (Å²) < 4.78 is 0. The average molecular weight is 130 g/mol. The van der Waals surface area contributed by atoms with E-state index in [9.17, 15) is 0 Å². The van der Waals surface area contributed by atoms with Crippen LogP contribution in [0, 0.1) is 0 Å². The average Bonchev–Trinajstić information content (AvgIpc) is 1.61. The highest BCUT2D eigenvalue weighted by atomic mass is 15.1. The lowest BCUT2D eigenvalue weighted by Crippen LogP contribution is -2.49. The van der Waals surface area contributed by atoms with E-state index in [0.29, 0.717) is 0 Å². The van der Waals surface area contributed by atoms with E-state index in [4.69, 9.17) is 0 Å². The molecule has 1 rings (SSSR count). The molecule has 1 fully saturated rings. The lowest BCUT2D eigenvalue weighted by atomic mass is 9.86. The Hall–Kier alpha value is -0.0800. The van der Waals surface area contributed by atoms with Crippen LogP contribution in [0.3, 0.4) is 0 Å². The Labute approximate surface area is 58.7 Å². The van der Waals surface area contributed by atoms with Crippen molar-refractivity contribution in [3.05, 3.63) is 0 Å². The fourth-order valence-electron chi connectivity index (χ4n) is 1.25. The summed E-state index contributed by atoms with van der Waals surface area (Å²) >= 11 is 0. The van der Waals surface area contributed by atoms with Gasteiger partial charge in [0.25, 0.3) is 0 Å². The molecule has 0 aromatic rings. The molecule has 2 heteroatoms. The Morgan fingerprint density at radius 2 is 2.00 bits per heavy atom. The Morgan fingerprint density at radius 1 is 1.44 bits per heavy atom. The second-order valence-corrected chi connectivity index (χ2v) is 3.07. The van der Waals surface area contributed by atoms with E-state index in [0.717, 1.165) is 12.1 Å². The van der Waals surface area contributed by atoms with Crippen LogP contribution in [0.15, 0.2) is 0 Å². The standard InChI is InChI=1S/C7H16N2.H2/c1-8-6-4-7(5-6)9(2)3;/h6-8H,4-5H2,1-3H3;1H. The van der Waals surface area contributed by atoms with Crippen molar-refractivity contribution >= 4 is 0 Å². The van der Waals surface area contributed by atoms with Gasteiger partial charge in [0.2, 0.25) is 0 Å². The van der Waals surface area contributed by atoms with Gasteiger partial charge in [0, 0.05) is 13.5 Å². The van der Waals surface area contributed by atoms with Gasteiger partial charge >= 0.3 is 0 Å². The zero-order valence-corrected chi connectivity index (χ0v) is 6.52. The fourth-order valence-corrected chi connectivity index (χ4v) is 1.25. The first kappa shape index (κ1) is 7.03. The number of nitrogens with zero attached hydrogens (tertiary/aromatic N) is 1. The molecule has 0 radical (unpaired) electrons. The Kier molecular flexibility index (Phi) is 2.09. The number of nitrogens with one attached hydrogen (secondary N) is 1. The van der Waals surface area contributed by atoms with E-state index < -0.39 is 0 Å². The van der Waals surface area contributed by atoms with Crippen molar-refractivity contribution in [2.24, 2.45) is 0 Å². The first-order valence-corrected chi connectivity index (χ1v) is 3.57. The molecular weight excluding hydrogens is 112 g/mol. The summed E-state index contributed by atoms with van der Waals surface area (Å²) in [5, 5.41) is 3.26. The number of rotatable bonds is 2. The SMILES string of the molecule is CNC1CC(N(C)C)C1.[HH]. The maximum absolute atomic E-state index is 3.26. The summed E-state index contributed by atoms with van der Waals surface area (Å²) in [4.78, 5) is 2.30. The predicted octanol–water partition coefficient (Wildman–Crippen LogP) is 0.544. The topological polar surface area (TPSA) is 15.3 Å². The zero-order valence-electron chi connectivity index (χ0n) is 6.52. The van der Waals surface area contributed by atoms with E-state index in [1.165, 1.54) is 12.8 Å². The van der Waals surface area contributed by atoms with Gasteiger partial charge in [-0.15, -0.1) is 0 Å². The lowest BCUT2D eigenvalue weighted by molar-refractivity contribution is 0.151. The largest absolute Gasteiger partial charge is 0.317 e. The van der Waals surface area contributed by atoms with Crippen molar-refractivity contribution in [2.75, 3.05) is 21.1 Å². The van der Waals surface area contributed by atoms with Crippen molar-refractivity contribution < 1.29 is 1.43 Å². The van der Waals surface area contributed by atoms with Crippen LogP contribution in [0.5, 0.6) is 0 Å². The molecule has 0 bridgehead atoms. The van der Waals surface area contributed by atoms with E-state index in [1.807, 2.05) is 7.05 Å². The van der Waals surface area contributed by atoms with Crippen LogP contribution in [0.25, 0.3) is 0 Å². The van der Waals surface area contributed by atoms with Gasteiger partial charge in [-0.3, -0.25) is 0 Å². The fraction of sp³-hybridized carbons (Fsp3) is 1.00. The van der Waals surface area contributed by atoms with Crippen molar-refractivity contribution in [1.82, 2.24) is 10.2 Å². The number of hydrogen-bond donors (Lipinski definition) is 1. The second kappa shape index (κ2) is 2.67. The first-order valence-electron chi connectivity index (χ1n) is 3.57. The molecule has 9 heavy (non-hydrogen) atoms. The molecule has 0 spiro atoms. The van der Waals surface area contributed by atoms with Gasteiger partial charge in [0.15, 0.2) is 0 Å². The molecule has 0 aromatic carbocycles. The molecule has 0 saturated heterocycles.